The van der Waals surface area contributed by atoms with Crippen molar-refractivity contribution >= 4 is 40.9 Å². The molecule has 1 fully saturated rings. The van der Waals surface area contributed by atoms with E-state index in [1.54, 1.807) is 30.3 Å². The second kappa shape index (κ2) is 9.58. The summed E-state index contributed by atoms with van der Waals surface area (Å²) in [6, 6.07) is 20.2. The fourth-order valence-corrected chi connectivity index (χ4v) is 4.65. The van der Waals surface area contributed by atoms with Crippen molar-refractivity contribution in [3.05, 3.63) is 89.7 Å². The van der Waals surface area contributed by atoms with Gasteiger partial charge in [0.15, 0.2) is 0 Å². The normalized spacial score (nSPS) is 15.9. The van der Waals surface area contributed by atoms with E-state index in [0.29, 0.717) is 17.3 Å². The molecule has 1 aliphatic heterocycles. The van der Waals surface area contributed by atoms with Crippen molar-refractivity contribution < 1.29 is 18.8 Å². The van der Waals surface area contributed by atoms with E-state index >= 15 is 0 Å². The number of halogens is 1. The molecule has 0 bridgehead atoms. The summed E-state index contributed by atoms with van der Waals surface area (Å²) in [5.41, 5.74) is 2.20. The lowest BCUT2D eigenvalue weighted by atomic mass is 10.0. The largest absolute Gasteiger partial charge is 0.322 e. The van der Waals surface area contributed by atoms with Crippen molar-refractivity contribution in [1.29, 1.82) is 0 Å². The Bertz CT molecular complexity index is 1190. The second-order valence-corrected chi connectivity index (χ2v) is 9.36. The SMILES string of the molecule is CC(C)c1ccc(N2C(=O)CC(Sc3ccc(NC(=O)c4ccccc4F)cc3)C2=O)cc1. The second-order valence-electron chi connectivity index (χ2n) is 8.08. The summed E-state index contributed by atoms with van der Waals surface area (Å²) in [5, 5.41) is 2.15. The molecule has 1 heterocycles. The van der Waals surface area contributed by atoms with E-state index in [1.165, 1.54) is 34.9 Å². The number of carbonyl (C=O) groups excluding carboxylic acids is 3. The third-order valence-electron chi connectivity index (χ3n) is 5.43. The van der Waals surface area contributed by atoms with E-state index < -0.39 is 17.0 Å². The number of nitrogens with one attached hydrogen (secondary N) is 1. The molecule has 0 spiro atoms. The van der Waals surface area contributed by atoms with Crippen LogP contribution in [-0.4, -0.2) is 23.0 Å². The van der Waals surface area contributed by atoms with Crippen molar-refractivity contribution in [2.75, 3.05) is 10.2 Å². The molecule has 3 aromatic rings. The summed E-state index contributed by atoms with van der Waals surface area (Å²) in [4.78, 5) is 39.8. The van der Waals surface area contributed by atoms with Gasteiger partial charge in [-0.05, 0) is 60.0 Å². The van der Waals surface area contributed by atoms with E-state index in [4.69, 9.17) is 0 Å². The monoisotopic (exact) mass is 462 g/mol. The first-order valence-electron chi connectivity index (χ1n) is 10.6. The van der Waals surface area contributed by atoms with Crippen LogP contribution in [0.1, 0.15) is 42.1 Å². The third-order valence-corrected chi connectivity index (χ3v) is 6.63. The van der Waals surface area contributed by atoms with Crippen molar-refractivity contribution in [3.63, 3.8) is 0 Å². The molecule has 1 saturated heterocycles. The van der Waals surface area contributed by atoms with Gasteiger partial charge in [0.1, 0.15) is 5.82 Å². The molecule has 1 unspecified atom stereocenters. The summed E-state index contributed by atoms with van der Waals surface area (Å²) in [5.74, 6) is -1.21. The number of rotatable bonds is 6. The lowest BCUT2D eigenvalue weighted by Gasteiger charge is -2.16. The van der Waals surface area contributed by atoms with Crippen molar-refractivity contribution in [3.8, 4) is 0 Å². The maximum Gasteiger partial charge on any atom is 0.258 e. The molecule has 168 valence electrons. The van der Waals surface area contributed by atoms with Gasteiger partial charge in [-0.1, -0.05) is 38.1 Å². The van der Waals surface area contributed by atoms with Crippen LogP contribution in [0.3, 0.4) is 0 Å². The quantitative estimate of drug-likeness (QED) is 0.483. The minimum Gasteiger partial charge on any atom is -0.322 e. The molecular weight excluding hydrogens is 439 g/mol. The standard InChI is InChI=1S/C26H23FN2O3S/c1-16(2)17-7-11-19(12-8-17)29-24(30)15-23(26(29)32)33-20-13-9-18(10-14-20)28-25(31)21-5-3-4-6-22(21)27/h3-14,16,23H,15H2,1-2H3,(H,28,31). The van der Waals surface area contributed by atoms with Gasteiger partial charge in [-0.2, -0.15) is 0 Å². The van der Waals surface area contributed by atoms with E-state index in [2.05, 4.69) is 19.2 Å². The first-order chi connectivity index (χ1) is 15.8. The number of anilines is 2. The molecule has 33 heavy (non-hydrogen) atoms. The zero-order valence-electron chi connectivity index (χ0n) is 18.2. The van der Waals surface area contributed by atoms with E-state index in [0.717, 1.165) is 10.5 Å². The Balaban J connectivity index is 1.41. The van der Waals surface area contributed by atoms with Gasteiger partial charge in [-0.3, -0.25) is 14.4 Å². The van der Waals surface area contributed by atoms with Gasteiger partial charge in [0.2, 0.25) is 11.8 Å². The molecule has 0 radical (unpaired) electrons. The van der Waals surface area contributed by atoms with E-state index in [-0.39, 0.29) is 23.8 Å². The summed E-state index contributed by atoms with van der Waals surface area (Å²) in [6.07, 6.45) is 0.126. The number of hydrogen-bond acceptors (Lipinski definition) is 4. The highest BCUT2D eigenvalue weighted by atomic mass is 32.2. The molecule has 1 aliphatic rings. The summed E-state index contributed by atoms with van der Waals surface area (Å²) in [6.45, 7) is 4.18. The Morgan fingerprint density at radius 1 is 1.00 bits per heavy atom. The number of nitrogens with zero attached hydrogens (tertiary/aromatic N) is 1. The van der Waals surface area contributed by atoms with Crippen molar-refractivity contribution in [2.24, 2.45) is 0 Å². The fraction of sp³-hybridized carbons (Fsp3) is 0.192. The first-order valence-corrected chi connectivity index (χ1v) is 11.5. The van der Waals surface area contributed by atoms with Gasteiger partial charge in [0.05, 0.1) is 16.5 Å². The zero-order chi connectivity index (χ0) is 23.5. The Kier molecular flexibility index (Phi) is 6.60. The summed E-state index contributed by atoms with van der Waals surface area (Å²) < 4.78 is 13.8. The number of imide groups is 1. The molecular formula is C26H23FN2O3S. The van der Waals surface area contributed by atoms with Crippen LogP contribution < -0.4 is 10.2 Å². The predicted octanol–water partition coefficient (Wildman–Crippen LogP) is 5.63. The molecule has 1 atom stereocenters. The highest BCUT2D eigenvalue weighted by Gasteiger charge is 2.40. The van der Waals surface area contributed by atoms with Gasteiger partial charge in [0.25, 0.3) is 5.91 Å². The highest BCUT2D eigenvalue weighted by molar-refractivity contribution is 8.00. The average molecular weight is 463 g/mol. The first kappa shape index (κ1) is 22.7. The smallest absolute Gasteiger partial charge is 0.258 e. The van der Waals surface area contributed by atoms with Gasteiger partial charge >= 0.3 is 0 Å². The summed E-state index contributed by atoms with van der Waals surface area (Å²) >= 11 is 1.31. The molecule has 1 N–H and O–H groups in total. The number of amides is 3. The Labute approximate surface area is 196 Å². The van der Waals surface area contributed by atoms with Crippen molar-refractivity contribution in [1.82, 2.24) is 0 Å². The number of thioether (sulfide) groups is 1. The number of benzene rings is 3. The predicted molar refractivity (Wildman–Crippen MR) is 128 cm³/mol. The lowest BCUT2D eigenvalue weighted by molar-refractivity contribution is -0.121. The molecule has 3 amide bonds. The minimum atomic E-state index is -0.588. The zero-order valence-corrected chi connectivity index (χ0v) is 19.1. The molecule has 0 aromatic heterocycles. The average Bonchev–Trinajstić information content (AvgIpc) is 3.08. The molecule has 0 aliphatic carbocycles. The molecule has 4 rings (SSSR count). The lowest BCUT2D eigenvalue weighted by Crippen LogP contribution is -2.31. The van der Waals surface area contributed by atoms with E-state index in [1.807, 2.05) is 24.3 Å². The highest BCUT2D eigenvalue weighted by Crippen LogP contribution is 2.34. The molecule has 5 nitrogen and oxygen atoms in total. The van der Waals surface area contributed by atoms with Crippen LogP contribution in [-0.2, 0) is 9.59 Å². The van der Waals surface area contributed by atoms with Gasteiger partial charge in [0, 0.05) is 17.0 Å². The maximum absolute atomic E-state index is 13.8. The Morgan fingerprint density at radius 2 is 1.67 bits per heavy atom. The summed E-state index contributed by atoms with van der Waals surface area (Å²) in [7, 11) is 0. The Hall–Kier alpha value is -3.45. The van der Waals surface area contributed by atoms with Crippen LogP contribution in [0.25, 0.3) is 0 Å². The minimum absolute atomic E-state index is 0.0347. The van der Waals surface area contributed by atoms with Crippen LogP contribution in [0.15, 0.2) is 77.7 Å². The Morgan fingerprint density at radius 3 is 2.30 bits per heavy atom. The van der Waals surface area contributed by atoms with Crippen molar-refractivity contribution in [2.45, 2.75) is 36.3 Å². The van der Waals surface area contributed by atoms with Gasteiger partial charge < -0.3 is 5.32 Å². The number of hydrogen-bond donors (Lipinski definition) is 1. The number of carbonyl (C=O) groups is 3. The maximum atomic E-state index is 13.8. The van der Waals surface area contributed by atoms with Crippen LogP contribution in [0.4, 0.5) is 15.8 Å². The fourth-order valence-electron chi connectivity index (χ4n) is 3.60. The molecule has 0 saturated carbocycles. The van der Waals surface area contributed by atoms with E-state index in [9.17, 15) is 18.8 Å². The van der Waals surface area contributed by atoms with Crippen LogP contribution in [0.5, 0.6) is 0 Å². The van der Waals surface area contributed by atoms with Crippen LogP contribution >= 0.6 is 11.8 Å². The van der Waals surface area contributed by atoms with Crippen LogP contribution in [0, 0.1) is 5.82 Å². The molecule has 7 heteroatoms. The van der Waals surface area contributed by atoms with Gasteiger partial charge in [-0.15, -0.1) is 11.8 Å². The molecule has 3 aromatic carbocycles. The van der Waals surface area contributed by atoms with Gasteiger partial charge in [-0.25, -0.2) is 9.29 Å². The van der Waals surface area contributed by atoms with Crippen LogP contribution in [0.2, 0.25) is 0 Å². The topological polar surface area (TPSA) is 66.5 Å². The third kappa shape index (κ3) is 4.98.